The molecular weight excluding hydrogens is 336 g/mol. The molecule has 0 bridgehead atoms. The van der Waals surface area contributed by atoms with Crippen molar-refractivity contribution in [3.05, 3.63) is 71.3 Å². The molecule has 0 aliphatic rings. The van der Waals surface area contributed by atoms with Gasteiger partial charge in [-0.3, -0.25) is 0 Å². The molecule has 0 saturated heterocycles. The van der Waals surface area contributed by atoms with Crippen LogP contribution in [0.25, 0.3) is 0 Å². The first-order valence-corrected chi connectivity index (χ1v) is 9.74. The second kappa shape index (κ2) is 9.10. The lowest BCUT2D eigenvalue weighted by Gasteiger charge is -2.21. The van der Waals surface area contributed by atoms with Crippen LogP contribution in [0, 0.1) is 0 Å². The van der Waals surface area contributed by atoms with Crippen LogP contribution < -0.4 is 4.72 Å². The van der Waals surface area contributed by atoms with Crippen LogP contribution in [0.1, 0.15) is 30.5 Å². The van der Waals surface area contributed by atoms with Crippen LogP contribution >= 0.6 is 0 Å². The number of rotatable bonds is 9. The van der Waals surface area contributed by atoms with Gasteiger partial charge in [0.05, 0.1) is 13.2 Å². The van der Waals surface area contributed by atoms with Crippen molar-refractivity contribution in [3.63, 3.8) is 0 Å². The van der Waals surface area contributed by atoms with Crippen LogP contribution in [0.4, 0.5) is 0 Å². The van der Waals surface area contributed by atoms with Gasteiger partial charge in [-0.1, -0.05) is 54.6 Å². The van der Waals surface area contributed by atoms with E-state index in [2.05, 4.69) is 4.72 Å². The molecule has 0 amide bonds. The lowest BCUT2D eigenvalue weighted by atomic mass is 10.1. The highest BCUT2D eigenvalue weighted by atomic mass is 32.2. The summed E-state index contributed by atoms with van der Waals surface area (Å²) in [4.78, 5) is 0. The van der Waals surface area contributed by atoms with Crippen LogP contribution in [0.3, 0.4) is 0 Å². The van der Waals surface area contributed by atoms with Crippen molar-refractivity contribution >= 4 is 10.2 Å². The Balaban J connectivity index is 1.88. The molecule has 25 heavy (non-hydrogen) atoms. The first-order chi connectivity index (χ1) is 11.9. The molecule has 2 aromatic rings. The maximum absolute atomic E-state index is 12.1. The quantitative estimate of drug-likeness (QED) is 0.746. The zero-order valence-corrected chi connectivity index (χ0v) is 15.8. The van der Waals surface area contributed by atoms with Crippen molar-refractivity contribution in [1.29, 1.82) is 0 Å². The van der Waals surface area contributed by atoms with E-state index in [4.69, 9.17) is 4.74 Å². The predicted molar refractivity (Wildman–Crippen MR) is 100 cm³/mol. The number of hydrogen-bond acceptors (Lipinski definition) is 3. The van der Waals surface area contributed by atoms with E-state index < -0.39 is 10.2 Å². The SMILES string of the molecule is CC(C)N(C)S(=O)(=O)NCc1cccc(COCc2ccccc2)c1. The Kier molecular flexibility index (Phi) is 7.13. The van der Waals surface area contributed by atoms with E-state index >= 15 is 0 Å². The normalized spacial score (nSPS) is 12.0. The molecule has 0 saturated carbocycles. The lowest BCUT2D eigenvalue weighted by Crippen LogP contribution is -2.41. The molecule has 0 spiro atoms. The Hall–Kier alpha value is -1.73. The van der Waals surface area contributed by atoms with E-state index in [9.17, 15) is 8.42 Å². The molecule has 1 N–H and O–H groups in total. The second-order valence-corrected chi connectivity index (χ2v) is 8.05. The van der Waals surface area contributed by atoms with Crippen molar-refractivity contribution in [1.82, 2.24) is 9.03 Å². The average Bonchev–Trinajstić information content (AvgIpc) is 2.60. The van der Waals surface area contributed by atoms with Crippen LogP contribution in [0.2, 0.25) is 0 Å². The van der Waals surface area contributed by atoms with Crippen LogP contribution in [0.15, 0.2) is 54.6 Å². The van der Waals surface area contributed by atoms with Gasteiger partial charge < -0.3 is 4.74 Å². The van der Waals surface area contributed by atoms with Crippen molar-refractivity contribution in [2.75, 3.05) is 7.05 Å². The fraction of sp³-hybridized carbons (Fsp3) is 0.368. The van der Waals surface area contributed by atoms with Crippen molar-refractivity contribution in [3.8, 4) is 0 Å². The molecule has 0 aliphatic heterocycles. The topological polar surface area (TPSA) is 58.6 Å². The zero-order valence-electron chi connectivity index (χ0n) is 15.0. The van der Waals surface area contributed by atoms with Gasteiger partial charge in [-0.05, 0) is 30.5 Å². The van der Waals surface area contributed by atoms with Gasteiger partial charge in [0.15, 0.2) is 0 Å². The Bertz CT molecular complexity index is 761. The number of nitrogens with one attached hydrogen (secondary N) is 1. The molecule has 0 atom stereocenters. The summed E-state index contributed by atoms with van der Waals surface area (Å²) in [6.45, 7) is 4.97. The fourth-order valence-electron chi connectivity index (χ4n) is 2.24. The Labute approximate surface area is 150 Å². The standard InChI is InChI=1S/C19H26N2O3S/c1-16(2)21(3)25(22,23)20-13-18-10-7-11-19(12-18)15-24-14-17-8-5-4-6-9-17/h4-12,16,20H,13-15H2,1-3H3. The summed E-state index contributed by atoms with van der Waals surface area (Å²) in [5, 5.41) is 0. The lowest BCUT2D eigenvalue weighted by molar-refractivity contribution is 0.107. The van der Waals surface area contributed by atoms with Gasteiger partial charge in [0.2, 0.25) is 0 Å². The molecule has 136 valence electrons. The van der Waals surface area contributed by atoms with Gasteiger partial charge in [0, 0.05) is 19.6 Å². The maximum atomic E-state index is 12.1. The van der Waals surface area contributed by atoms with Crippen LogP contribution in [0.5, 0.6) is 0 Å². The average molecular weight is 362 g/mol. The minimum atomic E-state index is -3.47. The zero-order chi connectivity index (χ0) is 18.3. The fourth-order valence-corrected chi connectivity index (χ4v) is 3.35. The van der Waals surface area contributed by atoms with Gasteiger partial charge in [-0.25, -0.2) is 0 Å². The summed E-state index contributed by atoms with van der Waals surface area (Å²) in [7, 11) is -1.90. The molecule has 2 rings (SSSR count). The van der Waals surface area contributed by atoms with E-state index in [1.165, 1.54) is 4.31 Å². The summed E-state index contributed by atoms with van der Waals surface area (Å²) in [5.74, 6) is 0. The number of nitrogens with zero attached hydrogens (tertiary/aromatic N) is 1. The first kappa shape index (κ1) is 19.6. The van der Waals surface area contributed by atoms with Gasteiger partial charge in [-0.2, -0.15) is 17.4 Å². The van der Waals surface area contributed by atoms with Gasteiger partial charge >= 0.3 is 0 Å². The van der Waals surface area contributed by atoms with E-state index in [0.717, 1.165) is 16.7 Å². The largest absolute Gasteiger partial charge is 0.372 e. The Morgan fingerprint density at radius 3 is 2.24 bits per heavy atom. The molecule has 0 fully saturated rings. The second-order valence-electron chi connectivity index (χ2n) is 6.23. The monoisotopic (exact) mass is 362 g/mol. The third-order valence-corrected chi connectivity index (χ3v) is 5.63. The maximum Gasteiger partial charge on any atom is 0.279 e. The van der Waals surface area contributed by atoms with Gasteiger partial charge in [-0.15, -0.1) is 0 Å². The third kappa shape index (κ3) is 6.25. The summed E-state index contributed by atoms with van der Waals surface area (Å²) in [6, 6.07) is 17.7. The molecule has 6 heteroatoms. The molecule has 5 nitrogen and oxygen atoms in total. The van der Waals surface area contributed by atoms with Crippen LogP contribution in [-0.2, 0) is 34.7 Å². The summed E-state index contributed by atoms with van der Waals surface area (Å²) in [6.07, 6.45) is 0. The molecule has 0 aliphatic carbocycles. The molecule has 0 radical (unpaired) electrons. The highest BCUT2D eigenvalue weighted by Crippen LogP contribution is 2.10. The third-order valence-electron chi connectivity index (χ3n) is 3.94. The van der Waals surface area contributed by atoms with E-state index in [-0.39, 0.29) is 12.6 Å². The molecular formula is C19H26N2O3S. The summed E-state index contributed by atoms with van der Waals surface area (Å²) in [5.41, 5.74) is 3.05. The first-order valence-electron chi connectivity index (χ1n) is 8.30. The number of hydrogen-bond donors (Lipinski definition) is 1. The van der Waals surface area contributed by atoms with Crippen molar-refractivity contribution < 1.29 is 13.2 Å². The molecule has 0 heterocycles. The summed E-state index contributed by atoms with van der Waals surface area (Å²) < 4.78 is 34.0. The molecule has 2 aromatic carbocycles. The summed E-state index contributed by atoms with van der Waals surface area (Å²) >= 11 is 0. The van der Waals surface area contributed by atoms with Gasteiger partial charge in [0.1, 0.15) is 0 Å². The highest BCUT2D eigenvalue weighted by Gasteiger charge is 2.19. The molecule has 0 unspecified atom stereocenters. The smallest absolute Gasteiger partial charge is 0.279 e. The van der Waals surface area contributed by atoms with Crippen molar-refractivity contribution in [2.45, 2.75) is 39.6 Å². The molecule has 0 aromatic heterocycles. The Morgan fingerprint density at radius 1 is 0.960 bits per heavy atom. The number of benzene rings is 2. The van der Waals surface area contributed by atoms with Crippen LogP contribution in [-0.4, -0.2) is 25.8 Å². The minimum Gasteiger partial charge on any atom is -0.372 e. The number of ether oxygens (including phenoxy) is 1. The van der Waals surface area contributed by atoms with E-state index in [0.29, 0.717) is 13.2 Å². The predicted octanol–water partition coefficient (Wildman–Crippen LogP) is 3.08. The van der Waals surface area contributed by atoms with Gasteiger partial charge in [0.25, 0.3) is 10.2 Å². The Morgan fingerprint density at radius 2 is 1.56 bits per heavy atom. The van der Waals surface area contributed by atoms with E-state index in [1.54, 1.807) is 7.05 Å². The minimum absolute atomic E-state index is 0.0878. The highest BCUT2D eigenvalue weighted by molar-refractivity contribution is 7.87. The van der Waals surface area contributed by atoms with E-state index in [1.807, 2.05) is 68.4 Å². The van der Waals surface area contributed by atoms with Crippen molar-refractivity contribution in [2.24, 2.45) is 0 Å².